The highest BCUT2D eigenvalue weighted by atomic mass is 35.5. The van der Waals surface area contributed by atoms with Crippen molar-refractivity contribution >= 4 is 28.8 Å². The fraction of sp³-hybridized carbons (Fsp3) is 0.357. The van der Waals surface area contributed by atoms with Gasteiger partial charge in [-0.2, -0.15) is 0 Å². The molecule has 0 aliphatic heterocycles. The van der Waals surface area contributed by atoms with E-state index in [1.165, 1.54) is 16.0 Å². The van der Waals surface area contributed by atoms with Crippen molar-refractivity contribution in [1.82, 2.24) is 10.3 Å². The van der Waals surface area contributed by atoms with E-state index in [-0.39, 0.29) is 0 Å². The SMILES string of the molecule is CNCc1cnc(N(C)Cc2ccc(Cl)s2)c(C)c1. The second-order valence-corrected chi connectivity index (χ2v) is 6.38. The van der Waals surface area contributed by atoms with Gasteiger partial charge in [-0.1, -0.05) is 11.6 Å². The lowest BCUT2D eigenvalue weighted by Crippen LogP contribution is -2.18. The lowest BCUT2D eigenvalue weighted by atomic mass is 10.2. The van der Waals surface area contributed by atoms with E-state index in [1.54, 1.807) is 11.3 Å². The van der Waals surface area contributed by atoms with Gasteiger partial charge in [0.1, 0.15) is 5.82 Å². The molecule has 0 atom stereocenters. The van der Waals surface area contributed by atoms with Crippen molar-refractivity contribution in [3.8, 4) is 0 Å². The lowest BCUT2D eigenvalue weighted by molar-refractivity contribution is 0.808. The number of halogens is 1. The highest BCUT2D eigenvalue weighted by molar-refractivity contribution is 7.16. The fourth-order valence-electron chi connectivity index (χ4n) is 2.07. The number of pyridine rings is 1. The Morgan fingerprint density at radius 3 is 2.79 bits per heavy atom. The molecule has 2 aromatic heterocycles. The molecule has 0 aromatic carbocycles. The van der Waals surface area contributed by atoms with Crippen molar-refractivity contribution in [3.05, 3.63) is 44.7 Å². The summed E-state index contributed by atoms with van der Waals surface area (Å²) in [5.74, 6) is 1.02. The Bertz CT molecular complexity index is 553. The first kappa shape index (κ1) is 14.3. The molecular formula is C14H18ClN3S. The summed E-state index contributed by atoms with van der Waals surface area (Å²) < 4.78 is 0.831. The van der Waals surface area contributed by atoms with Gasteiger partial charge in [0, 0.05) is 24.7 Å². The average molecular weight is 296 g/mol. The van der Waals surface area contributed by atoms with E-state index in [0.717, 1.165) is 23.2 Å². The molecule has 1 N–H and O–H groups in total. The van der Waals surface area contributed by atoms with E-state index in [9.17, 15) is 0 Å². The summed E-state index contributed by atoms with van der Waals surface area (Å²) in [5, 5.41) is 3.14. The summed E-state index contributed by atoms with van der Waals surface area (Å²) >= 11 is 7.57. The second-order valence-electron chi connectivity index (χ2n) is 4.58. The average Bonchev–Trinajstić information content (AvgIpc) is 2.75. The highest BCUT2D eigenvalue weighted by Crippen LogP contribution is 2.25. The van der Waals surface area contributed by atoms with Crippen LogP contribution >= 0.6 is 22.9 Å². The van der Waals surface area contributed by atoms with Gasteiger partial charge in [0.15, 0.2) is 0 Å². The van der Waals surface area contributed by atoms with Crippen LogP contribution in [0.3, 0.4) is 0 Å². The molecule has 0 unspecified atom stereocenters. The van der Waals surface area contributed by atoms with Gasteiger partial charge in [0.25, 0.3) is 0 Å². The number of nitrogens with one attached hydrogen (secondary N) is 1. The topological polar surface area (TPSA) is 28.2 Å². The Kier molecular flexibility index (Phi) is 4.80. The van der Waals surface area contributed by atoms with Gasteiger partial charge in [-0.05, 0) is 43.3 Å². The Morgan fingerprint density at radius 1 is 1.42 bits per heavy atom. The third kappa shape index (κ3) is 3.69. The molecule has 0 spiro atoms. The zero-order chi connectivity index (χ0) is 13.8. The van der Waals surface area contributed by atoms with E-state index in [1.807, 2.05) is 19.3 Å². The molecule has 0 amide bonds. The normalized spacial score (nSPS) is 10.7. The van der Waals surface area contributed by atoms with Crippen LogP contribution in [-0.4, -0.2) is 19.1 Å². The Morgan fingerprint density at radius 2 is 2.21 bits per heavy atom. The van der Waals surface area contributed by atoms with Gasteiger partial charge in [-0.25, -0.2) is 4.98 Å². The first-order valence-corrected chi connectivity index (χ1v) is 7.35. The third-order valence-electron chi connectivity index (χ3n) is 2.87. The number of hydrogen-bond acceptors (Lipinski definition) is 4. The van der Waals surface area contributed by atoms with E-state index in [2.05, 4.69) is 41.3 Å². The van der Waals surface area contributed by atoms with Gasteiger partial charge in [0.2, 0.25) is 0 Å². The number of hydrogen-bond donors (Lipinski definition) is 1. The van der Waals surface area contributed by atoms with Gasteiger partial charge in [-0.15, -0.1) is 11.3 Å². The minimum absolute atomic E-state index is 0.830. The van der Waals surface area contributed by atoms with Gasteiger partial charge >= 0.3 is 0 Å². The molecule has 2 aromatic rings. The smallest absolute Gasteiger partial charge is 0.131 e. The van der Waals surface area contributed by atoms with Crippen molar-refractivity contribution in [3.63, 3.8) is 0 Å². The van der Waals surface area contributed by atoms with Crippen LogP contribution in [0.5, 0.6) is 0 Å². The highest BCUT2D eigenvalue weighted by Gasteiger charge is 2.09. The lowest BCUT2D eigenvalue weighted by Gasteiger charge is -2.20. The monoisotopic (exact) mass is 295 g/mol. The molecule has 2 heterocycles. The number of rotatable bonds is 5. The molecule has 0 saturated heterocycles. The molecule has 19 heavy (non-hydrogen) atoms. The molecule has 0 bridgehead atoms. The standard InChI is InChI=1S/C14H18ClN3S/c1-10-6-11(7-16-2)8-17-14(10)18(3)9-12-4-5-13(15)19-12/h4-6,8,16H,7,9H2,1-3H3. The first-order chi connectivity index (χ1) is 9.10. The van der Waals surface area contributed by atoms with Crippen molar-refractivity contribution in [2.75, 3.05) is 19.0 Å². The number of nitrogens with zero attached hydrogens (tertiary/aromatic N) is 2. The maximum atomic E-state index is 5.95. The van der Waals surface area contributed by atoms with Crippen LogP contribution in [-0.2, 0) is 13.1 Å². The van der Waals surface area contributed by atoms with E-state index >= 15 is 0 Å². The summed E-state index contributed by atoms with van der Waals surface area (Å²) in [6.07, 6.45) is 1.93. The van der Waals surface area contributed by atoms with Crippen LogP contribution in [0.1, 0.15) is 16.0 Å². The number of thiophene rings is 1. The number of aryl methyl sites for hydroxylation is 1. The predicted octanol–water partition coefficient (Wildman–Crippen LogP) is 3.46. The van der Waals surface area contributed by atoms with Crippen LogP contribution in [0.15, 0.2) is 24.4 Å². The number of aromatic nitrogens is 1. The quantitative estimate of drug-likeness (QED) is 0.915. The maximum Gasteiger partial charge on any atom is 0.131 e. The molecule has 0 saturated carbocycles. The minimum Gasteiger partial charge on any atom is -0.354 e. The number of anilines is 1. The van der Waals surface area contributed by atoms with E-state index < -0.39 is 0 Å². The van der Waals surface area contributed by atoms with Crippen LogP contribution in [0.4, 0.5) is 5.82 Å². The van der Waals surface area contributed by atoms with Crippen LogP contribution in [0, 0.1) is 6.92 Å². The van der Waals surface area contributed by atoms with E-state index in [0.29, 0.717) is 0 Å². The van der Waals surface area contributed by atoms with Crippen molar-refractivity contribution in [2.45, 2.75) is 20.0 Å². The minimum atomic E-state index is 0.830. The summed E-state index contributed by atoms with van der Waals surface area (Å²) in [4.78, 5) is 7.95. The largest absolute Gasteiger partial charge is 0.354 e. The second kappa shape index (κ2) is 6.37. The van der Waals surface area contributed by atoms with Gasteiger partial charge < -0.3 is 10.2 Å². The first-order valence-electron chi connectivity index (χ1n) is 6.15. The Labute approximate surface area is 123 Å². The third-order valence-corrected chi connectivity index (χ3v) is 4.09. The van der Waals surface area contributed by atoms with Crippen molar-refractivity contribution < 1.29 is 0 Å². The van der Waals surface area contributed by atoms with Crippen molar-refractivity contribution in [1.29, 1.82) is 0 Å². The van der Waals surface area contributed by atoms with Crippen LogP contribution in [0.2, 0.25) is 4.34 Å². The summed E-state index contributed by atoms with van der Waals surface area (Å²) in [5.41, 5.74) is 2.40. The van der Waals surface area contributed by atoms with E-state index in [4.69, 9.17) is 11.6 Å². The molecule has 0 fully saturated rings. The summed E-state index contributed by atoms with van der Waals surface area (Å²) in [6.45, 7) is 3.77. The molecule has 0 aliphatic carbocycles. The zero-order valence-corrected chi connectivity index (χ0v) is 13.0. The van der Waals surface area contributed by atoms with Crippen LogP contribution < -0.4 is 10.2 Å². The molecule has 5 heteroatoms. The Hall–Kier alpha value is -1.10. The molecule has 2 rings (SSSR count). The molecule has 0 radical (unpaired) electrons. The maximum absolute atomic E-state index is 5.95. The summed E-state index contributed by atoms with van der Waals surface area (Å²) in [6, 6.07) is 6.18. The van der Waals surface area contributed by atoms with Gasteiger partial charge in [0.05, 0.1) is 10.9 Å². The van der Waals surface area contributed by atoms with Gasteiger partial charge in [-0.3, -0.25) is 0 Å². The molecule has 102 valence electrons. The summed E-state index contributed by atoms with van der Waals surface area (Å²) in [7, 11) is 4.00. The predicted molar refractivity (Wildman–Crippen MR) is 83.2 cm³/mol. The molecule has 0 aliphatic rings. The van der Waals surface area contributed by atoms with Crippen molar-refractivity contribution in [2.24, 2.45) is 0 Å². The molecule has 3 nitrogen and oxygen atoms in total. The molecular weight excluding hydrogens is 278 g/mol. The van der Waals surface area contributed by atoms with Crippen LogP contribution in [0.25, 0.3) is 0 Å². The zero-order valence-electron chi connectivity index (χ0n) is 11.4. The Balaban J connectivity index is 2.12. The fourth-order valence-corrected chi connectivity index (χ4v) is 3.21.